The Kier molecular flexibility index (Phi) is 8.78. The minimum Gasteiger partial charge on any atom is -0.465 e. The van der Waals surface area contributed by atoms with Gasteiger partial charge in [0.1, 0.15) is 11.6 Å². The van der Waals surface area contributed by atoms with Crippen molar-refractivity contribution in [2.45, 2.75) is 31.0 Å². The highest BCUT2D eigenvalue weighted by Gasteiger charge is 2.30. The van der Waals surface area contributed by atoms with Crippen LogP contribution in [0.25, 0.3) is 11.1 Å². The average molecular weight is 654 g/mol. The van der Waals surface area contributed by atoms with Gasteiger partial charge in [0.2, 0.25) is 0 Å². The number of carbonyl (C=O) groups is 1. The normalized spacial score (nSPS) is 13.9. The van der Waals surface area contributed by atoms with E-state index in [4.69, 9.17) is 0 Å². The smallest absolute Gasteiger partial charge is 0.407 e. The molecule has 0 bridgehead atoms. The van der Waals surface area contributed by atoms with Crippen molar-refractivity contribution >= 4 is 28.7 Å². The number of rotatable bonds is 10. The number of aliphatic hydroxyl groups is 1. The van der Waals surface area contributed by atoms with Crippen molar-refractivity contribution in [3.8, 4) is 11.1 Å². The first kappa shape index (κ1) is 28.2. The first-order chi connectivity index (χ1) is 19.3. The number of amides is 1. The second kappa shape index (κ2) is 12.4. The third-order valence-electron chi connectivity index (χ3n) is 7.33. The first-order valence-corrected chi connectivity index (χ1v) is 14.1. The van der Waals surface area contributed by atoms with E-state index in [1.54, 1.807) is 0 Å². The zero-order valence-corrected chi connectivity index (χ0v) is 23.8. The van der Waals surface area contributed by atoms with Gasteiger partial charge in [0.15, 0.2) is 0 Å². The molecule has 4 aromatic carbocycles. The maximum atomic E-state index is 14.0. The molecule has 3 N–H and O–H groups in total. The Labute approximate surface area is 245 Å². The maximum Gasteiger partial charge on any atom is 0.407 e. The fourth-order valence-corrected chi connectivity index (χ4v) is 6.10. The van der Waals surface area contributed by atoms with Gasteiger partial charge in [0, 0.05) is 34.7 Å². The molecule has 40 heavy (non-hydrogen) atoms. The van der Waals surface area contributed by atoms with E-state index < -0.39 is 29.9 Å². The number of hydrogen-bond acceptors (Lipinski definition) is 3. The van der Waals surface area contributed by atoms with Gasteiger partial charge in [0.05, 0.1) is 12.6 Å². The number of aliphatic hydroxyl groups excluding tert-OH is 1. The molecule has 0 aromatic heterocycles. The third-order valence-corrected chi connectivity index (χ3v) is 8.00. The van der Waals surface area contributed by atoms with Gasteiger partial charge in [-0.2, -0.15) is 0 Å². The lowest BCUT2D eigenvalue weighted by Crippen LogP contribution is -2.49. The third kappa shape index (κ3) is 6.51. The number of benzene rings is 4. The summed E-state index contributed by atoms with van der Waals surface area (Å²) in [5.74, 6) is -1.39. The highest BCUT2D eigenvalue weighted by Crippen LogP contribution is 2.44. The molecule has 0 spiro atoms. The molecule has 0 radical (unpaired) electrons. The van der Waals surface area contributed by atoms with Gasteiger partial charge >= 0.3 is 6.09 Å². The summed E-state index contributed by atoms with van der Waals surface area (Å²) in [5, 5.41) is 24.7. The minimum atomic E-state index is -1.16. The van der Waals surface area contributed by atoms with Crippen molar-refractivity contribution in [3.05, 3.63) is 128 Å². The Bertz CT molecular complexity index is 1450. The van der Waals surface area contributed by atoms with Crippen molar-refractivity contribution in [2.75, 3.05) is 13.1 Å². The molecule has 1 aliphatic carbocycles. The SMILES string of the molecule is O=C(O)N(Cc1cccc(I)c1)CC(O)C(Cc1cc(F)cc(F)c1)NCC1c2ccccc2-c2ccccc21. The Morgan fingerprint density at radius 1 is 0.875 bits per heavy atom. The summed E-state index contributed by atoms with van der Waals surface area (Å²) in [5.41, 5.74) is 5.81. The van der Waals surface area contributed by atoms with E-state index in [1.165, 1.54) is 12.1 Å². The van der Waals surface area contributed by atoms with Crippen molar-refractivity contribution in [3.63, 3.8) is 0 Å². The summed E-state index contributed by atoms with van der Waals surface area (Å²) in [6.45, 7) is 0.388. The van der Waals surface area contributed by atoms with Gasteiger partial charge in [-0.15, -0.1) is 0 Å². The first-order valence-electron chi connectivity index (χ1n) is 13.1. The summed E-state index contributed by atoms with van der Waals surface area (Å²) in [6, 6.07) is 26.5. The Morgan fingerprint density at radius 2 is 1.50 bits per heavy atom. The van der Waals surface area contributed by atoms with Crippen LogP contribution in [0.5, 0.6) is 0 Å². The van der Waals surface area contributed by atoms with Gasteiger partial charge in [0.25, 0.3) is 0 Å². The molecule has 4 aromatic rings. The standard InChI is InChI=1S/C32H29F2IN2O3/c33-22-12-21(13-23(34)16-22)15-30(31(38)19-37(32(39)40)18-20-6-5-7-24(35)14-20)36-17-29-27-10-3-1-8-25(27)26-9-2-4-11-28(26)29/h1-14,16,29-31,36,38H,15,17-19H2,(H,39,40). The van der Waals surface area contributed by atoms with Crippen LogP contribution in [0, 0.1) is 15.2 Å². The van der Waals surface area contributed by atoms with Crippen molar-refractivity contribution < 1.29 is 23.8 Å². The van der Waals surface area contributed by atoms with Gasteiger partial charge in [-0.3, -0.25) is 0 Å². The predicted octanol–water partition coefficient (Wildman–Crippen LogP) is 6.42. The van der Waals surface area contributed by atoms with Gasteiger partial charge < -0.3 is 20.4 Å². The lowest BCUT2D eigenvalue weighted by atomic mass is 9.95. The number of nitrogens with one attached hydrogen (secondary N) is 1. The monoisotopic (exact) mass is 654 g/mol. The molecule has 1 aliphatic rings. The lowest BCUT2D eigenvalue weighted by Gasteiger charge is -2.30. The van der Waals surface area contributed by atoms with Crippen LogP contribution in [0.1, 0.15) is 28.2 Å². The summed E-state index contributed by atoms with van der Waals surface area (Å²) in [7, 11) is 0. The fourth-order valence-electron chi connectivity index (χ4n) is 5.49. The van der Waals surface area contributed by atoms with Crippen LogP contribution in [-0.2, 0) is 13.0 Å². The van der Waals surface area contributed by atoms with E-state index in [-0.39, 0.29) is 25.4 Å². The molecule has 0 fully saturated rings. The van der Waals surface area contributed by atoms with Crippen LogP contribution in [0.2, 0.25) is 0 Å². The van der Waals surface area contributed by atoms with E-state index in [2.05, 4.69) is 52.2 Å². The molecule has 5 nitrogen and oxygen atoms in total. The summed E-state index contributed by atoms with van der Waals surface area (Å²) < 4.78 is 29.0. The number of halogens is 3. The average Bonchev–Trinajstić information content (AvgIpc) is 3.23. The second-order valence-corrected chi connectivity index (χ2v) is 11.3. The molecular formula is C32H29F2IN2O3. The summed E-state index contributed by atoms with van der Waals surface area (Å²) >= 11 is 2.17. The largest absolute Gasteiger partial charge is 0.465 e. The lowest BCUT2D eigenvalue weighted by molar-refractivity contribution is 0.0706. The molecule has 2 atom stereocenters. The molecule has 5 rings (SSSR count). The summed E-state index contributed by atoms with van der Waals surface area (Å²) in [4.78, 5) is 13.3. The Morgan fingerprint density at radius 3 is 2.10 bits per heavy atom. The number of hydrogen-bond donors (Lipinski definition) is 3. The van der Waals surface area contributed by atoms with E-state index >= 15 is 0 Å². The molecule has 0 heterocycles. The molecule has 0 saturated heterocycles. The number of carboxylic acid groups (broad SMARTS) is 1. The number of fused-ring (bicyclic) bond motifs is 3. The van der Waals surface area contributed by atoms with E-state index in [1.807, 2.05) is 48.5 Å². The highest BCUT2D eigenvalue weighted by atomic mass is 127. The van der Waals surface area contributed by atoms with Crippen LogP contribution in [0.15, 0.2) is 91.0 Å². The van der Waals surface area contributed by atoms with Crippen LogP contribution in [0.4, 0.5) is 13.6 Å². The van der Waals surface area contributed by atoms with Gasteiger partial charge in [-0.05, 0) is 86.7 Å². The molecule has 0 saturated carbocycles. The molecule has 2 unspecified atom stereocenters. The van der Waals surface area contributed by atoms with Crippen molar-refractivity contribution in [1.29, 1.82) is 0 Å². The van der Waals surface area contributed by atoms with Crippen LogP contribution in [-0.4, -0.2) is 46.4 Å². The number of nitrogens with zero attached hydrogens (tertiary/aromatic N) is 1. The maximum absolute atomic E-state index is 14.0. The fraction of sp³-hybridized carbons (Fsp3) is 0.219. The summed E-state index contributed by atoms with van der Waals surface area (Å²) in [6.07, 6.45) is -2.19. The van der Waals surface area contributed by atoms with Crippen LogP contribution < -0.4 is 5.32 Å². The molecule has 1 amide bonds. The van der Waals surface area contributed by atoms with Gasteiger partial charge in [-0.1, -0.05) is 60.7 Å². The zero-order chi connectivity index (χ0) is 28.2. The molecule has 8 heteroatoms. The Balaban J connectivity index is 1.39. The van der Waals surface area contributed by atoms with Crippen molar-refractivity contribution in [2.24, 2.45) is 0 Å². The van der Waals surface area contributed by atoms with E-state index in [0.717, 1.165) is 42.4 Å². The van der Waals surface area contributed by atoms with Crippen LogP contribution in [0.3, 0.4) is 0 Å². The predicted molar refractivity (Wildman–Crippen MR) is 159 cm³/mol. The van der Waals surface area contributed by atoms with E-state index in [9.17, 15) is 23.8 Å². The van der Waals surface area contributed by atoms with Crippen molar-refractivity contribution in [1.82, 2.24) is 10.2 Å². The highest BCUT2D eigenvalue weighted by molar-refractivity contribution is 14.1. The van der Waals surface area contributed by atoms with Gasteiger partial charge in [-0.25, -0.2) is 13.6 Å². The van der Waals surface area contributed by atoms with E-state index in [0.29, 0.717) is 12.1 Å². The zero-order valence-electron chi connectivity index (χ0n) is 21.6. The second-order valence-electron chi connectivity index (χ2n) is 10.1. The molecule has 206 valence electrons. The van der Waals surface area contributed by atoms with Crippen LogP contribution >= 0.6 is 22.6 Å². The quantitative estimate of drug-likeness (QED) is 0.173. The molecule has 0 aliphatic heterocycles. The Hall–Kier alpha value is -3.34. The molecular weight excluding hydrogens is 625 g/mol. The topological polar surface area (TPSA) is 72.8 Å². The minimum absolute atomic E-state index is 0.00770.